The summed E-state index contributed by atoms with van der Waals surface area (Å²) in [6, 6.07) is 9.91. The Morgan fingerprint density at radius 1 is 1.15 bits per heavy atom. The maximum Gasteiger partial charge on any atom is 0.270 e. The van der Waals surface area contributed by atoms with Crippen molar-refractivity contribution in [3.8, 4) is 0 Å². The predicted molar refractivity (Wildman–Crippen MR) is 98.8 cm³/mol. The van der Waals surface area contributed by atoms with Crippen LogP contribution in [-0.4, -0.2) is 66.7 Å². The number of para-hydroxylation sites is 1. The van der Waals surface area contributed by atoms with Gasteiger partial charge in [-0.15, -0.1) is 0 Å². The Bertz CT molecular complexity index is 776. The average molecular weight is 353 g/mol. The number of hydrogen-bond acceptors (Lipinski definition) is 6. The third kappa shape index (κ3) is 3.68. The second kappa shape index (κ2) is 7.80. The van der Waals surface area contributed by atoms with Gasteiger partial charge >= 0.3 is 0 Å². The Labute approximate surface area is 153 Å². The molecule has 0 radical (unpaired) electrons. The van der Waals surface area contributed by atoms with Gasteiger partial charge in [-0.05, 0) is 24.1 Å². The van der Waals surface area contributed by atoms with Gasteiger partial charge in [0.1, 0.15) is 5.69 Å². The minimum atomic E-state index is -0.158. The first-order valence-electron chi connectivity index (χ1n) is 9.08. The molecule has 0 unspecified atom stereocenters. The molecule has 1 N–H and O–H groups in total. The van der Waals surface area contributed by atoms with Gasteiger partial charge in [-0.1, -0.05) is 18.2 Å². The van der Waals surface area contributed by atoms with Crippen LogP contribution in [0.2, 0.25) is 0 Å². The van der Waals surface area contributed by atoms with Gasteiger partial charge < -0.3 is 15.0 Å². The van der Waals surface area contributed by atoms with Gasteiger partial charge in [-0.3, -0.25) is 9.69 Å². The van der Waals surface area contributed by atoms with Crippen LogP contribution in [0.3, 0.4) is 0 Å². The highest BCUT2D eigenvalue weighted by Crippen LogP contribution is 2.31. The Kier molecular flexibility index (Phi) is 5.08. The molecule has 7 nitrogen and oxygen atoms in total. The van der Waals surface area contributed by atoms with Crippen LogP contribution < -0.4 is 10.2 Å². The summed E-state index contributed by atoms with van der Waals surface area (Å²) in [4.78, 5) is 25.7. The fraction of sp³-hybridized carbons (Fsp3) is 0.421. The lowest BCUT2D eigenvalue weighted by Gasteiger charge is -2.26. The van der Waals surface area contributed by atoms with Crippen LogP contribution in [0.15, 0.2) is 36.5 Å². The zero-order chi connectivity index (χ0) is 17.8. The van der Waals surface area contributed by atoms with Crippen molar-refractivity contribution in [3.63, 3.8) is 0 Å². The number of rotatable bonds is 5. The minimum absolute atomic E-state index is 0.158. The quantitative estimate of drug-likeness (QED) is 0.872. The largest absolute Gasteiger partial charge is 0.379 e. The number of benzene rings is 1. The number of anilines is 2. The minimum Gasteiger partial charge on any atom is -0.379 e. The summed E-state index contributed by atoms with van der Waals surface area (Å²) in [7, 11) is 0. The number of fused-ring (bicyclic) bond motifs is 1. The summed E-state index contributed by atoms with van der Waals surface area (Å²) in [5.41, 5.74) is 2.81. The van der Waals surface area contributed by atoms with Gasteiger partial charge in [0.25, 0.3) is 5.91 Å². The number of amides is 1. The molecule has 1 fully saturated rings. The van der Waals surface area contributed by atoms with Crippen LogP contribution >= 0.6 is 0 Å². The highest BCUT2D eigenvalue weighted by atomic mass is 16.5. The molecule has 3 heterocycles. The molecule has 7 heteroatoms. The van der Waals surface area contributed by atoms with E-state index in [1.807, 2.05) is 12.1 Å². The zero-order valence-electron chi connectivity index (χ0n) is 14.7. The van der Waals surface area contributed by atoms with E-state index in [1.165, 1.54) is 5.56 Å². The first kappa shape index (κ1) is 16.9. The number of ether oxygens (including phenoxy) is 1. The normalized spacial score (nSPS) is 17.2. The lowest BCUT2D eigenvalue weighted by Crippen LogP contribution is -2.41. The maximum absolute atomic E-state index is 12.4. The predicted octanol–water partition coefficient (Wildman–Crippen LogP) is 1.23. The van der Waals surface area contributed by atoms with Crippen LogP contribution in [0.5, 0.6) is 0 Å². The summed E-state index contributed by atoms with van der Waals surface area (Å²) in [6.07, 6.45) is 2.62. The topological polar surface area (TPSA) is 70.6 Å². The Morgan fingerprint density at radius 3 is 2.88 bits per heavy atom. The molecule has 1 saturated heterocycles. The van der Waals surface area contributed by atoms with Crippen LogP contribution in [0.1, 0.15) is 16.1 Å². The summed E-state index contributed by atoms with van der Waals surface area (Å²) in [5, 5.41) is 2.95. The van der Waals surface area contributed by atoms with Crippen molar-refractivity contribution < 1.29 is 9.53 Å². The summed E-state index contributed by atoms with van der Waals surface area (Å²) in [5.74, 6) is 0.421. The van der Waals surface area contributed by atoms with Crippen LogP contribution in [0, 0.1) is 0 Å². The molecule has 0 atom stereocenters. The number of hydrogen-bond donors (Lipinski definition) is 1. The smallest absolute Gasteiger partial charge is 0.270 e. The Hall–Kier alpha value is -2.51. The summed E-state index contributed by atoms with van der Waals surface area (Å²) >= 11 is 0. The maximum atomic E-state index is 12.4. The van der Waals surface area contributed by atoms with E-state index in [2.05, 4.69) is 37.2 Å². The van der Waals surface area contributed by atoms with Crippen molar-refractivity contribution in [3.05, 3.63) is 47.8 Å². The molecule has 2 aliphatic heterocycles. The van der Waals surface area contributed by atoms with Crippen molar-refractivity contribution in [1.29, 1.82) is 0 Å². The molecule has 26 heavy (non-hydrogen) atoms. The Balaban J connectivity index is 1.39. The fourth-order valence-electron chi connectivity index (χ4n) is 3.39. The number of carbonyl (C=O) groups is 1. The number of nitrogens with zero attached hydrogens (tertiary/aromatic N) is 4. The van der Waals surface area contributed by atoms with E-state index < -0.39 is 0 Å². The van der Waals surface area contributed by atoms with Crippen molar-refractivity contribution >= 4 is 17.5 Å². The molecule has 1 aromatic carbocycles. The third-order valence-electron chi connectivity index (χ3n) is 4.82. The summed E-state index contributed by atoms with van der Waals surface area (Å²) in [6.45, 7) is 5.63. The van der Waals surface area contributed by atoms with Gasteiger partial charge in [-0.2, -0.15) is 0 Å². The molecule has 0 saturated carbocycles. The van der Waals surface area contributed by atoms with Gasteiger partial charge in [0.15, 0.2) is 0 Å². The molecule has 2 aliphatic rings. The van der Waals surface area contributed by atoms with Crippen molar-refractivity contribution in [2.24, 2.45) is 0 Å². The number of nitrogens with one attached hydrogen (secondary N) is 1. The van der Waals surface area contributed by atoms with Crippen molar-refractivity contribution in [2.75, 3.05) is 50.8 Å². The first-order valence-corrected chi connectivity index (χ1v) is 9.08. The molecule has 0 bridgehead atoms. The molecule has 1 amide bonds. The van der Waals surface area contributed by atoms with E-state index in [0.29, 0.717) is 18.2 Å². The fourth-order valence-corrected chi connectivity index (χ4v) is 3.39. The molecular weight excluding hydrogens is 330 g/mol. The van der Waals surface area contributed by atoms with E-state index in [4.69, 9.17) is 4.74 Å². The monoisotopic (exact) mass is 353 g/mol. The molecule has 136 valence electrons. The number of morpholine rings is 1. The molecule has 0 spiro atoms. The zero-order valence-corrected chi connectivity index (χ0v) is 14.7. The van der Waals surface area contributed by atoms with E-state index in [9.17, 15) is 4.79 Å². The molecule has 1 aromatic heterocycles. The second-order valence-electron chi connectivity index (χ2n) is 6.48. The van der Waals surface area contributed by atoms with Crippen LogP contribution in [0.4, 0.5) is 11.6 Å². The summed E-state index contributed by atoms with van der Waals surface area (Å²) < 4.78 is 5.33. The lowest BCUT2D eigenvalue weighted by atomic mass is 10.2. The Morgan fingerprint density at radius 2 is 2.00 bits per heavy atom. The van der Waals surface area contributed by atoms with Gasteiger partial charge in [0.2, 0.25) is 5.95 Å². The van der Waals surface area contributed by atoms with Crippen LogP contribution in [-0.2, 0) is 11.2 Å². The highest BCUT2D eigenvalue weighted by Gasteiger charge is 2.22. The van der Waals surface area contributed by atoms with E-state index in [0.717, 1.165) is 51.5 Å². The first-order chi connectivity index (χ1) is 12.8. The lowest BCUT2D eigenvalue weighted by molar-refractivity contribution is 0.0383. The van der Waals surface area contributed by atoms with E-state index in [-0.39, 0.29) is 5.91 Å². The van der Waals surface area contributed by atoms with E-state index >= 15 is 0 Å². The van der Waals surface area contributed by atoms with Gasteiger partial charge in [0.05, 0.1) is 13.2 Å². The van der Waals surface area contributed by atoms with Crippen molar-refractivity contribution in [1.82, 2.24) is 20.2 Å². The number of aromatic nitrogens is 2. The van der Waals surface area contributed by atoms with Crippen LogP contribution in [0.25, 0.3) is 0 Å². The SMILES string of the molecule is O=C(NCCN1CCOCC1)c1ccnc(N2CCc3ccccc32)n1. The molecule has 4 rings (SSSR count). The highest BCUT2D eigenvalue weighted by molar-refractivity contribution is 5.92. The standard InChI is InChI=1S/C19H23N5O2/c25-18(20-8-10-23-11-13-26-14-12-23)16-5-7-21-19(22-16)24-9-6-15-3-1-2-4-17(15)24/h1-5,7H,6,8-14H2,(H,20,25). The molecular formula is C19H23N5O2. The number of carbonyl (C=O) groups excluding carboxylic acids is 1. The second-order valence-corrected chi connectivity index (χ2v) is 6.48. The van der Waals surface area contributed by atoms with Gasteiger partial charge in [0, 0.05) is 44.6 Å². The third-order valence-corrected chi connectivity index (χ3v) is 4.82. The van der Waals surface area contributed by atoms with Gasteiger partial charge in [-0.25, -0.2) is 9.97 Å². The average Bonchev–Trinajstić information content (AvgIpc) is 3.13. The molecule has 0 aliphatic carbocycles. The van der Waals surface area contributed by atoms with E-state index in [1.54, 1.807) is 12.3 Å². The van der Waals surface area contributed by atoms with Crippen molar-refractivity contribution in [2.45, 2.75) is 6.42 Å². The molecule has 2 aromatic rings.